The van der Waals surface area contributed by atoms with Gasteiger partial charge in [0.05, 0.1) is 14.2 Å². The van der Waals surface area contributed by atoms with E-state index in [0.717, 1.165) is 0 Å². The number of rotatable bonds is 3. The number of hydrogen-bond donors (Lipinski definition) is 0. The molecule has 0 bridgehead atoms. The van der Waals surface area contributed by atoms with Crippen LogP contribution in [0, 0.1) is 0 Å². The minimum absolute atomic E-state index is 0.335. The highest BCUT2D eigenvalue weighted by Crippen LogP contribution is 2.21. The summed E-state index contributed by atoms with van der Waals surface area (Å²) < 4.78 is 9.52. The Labute approximate surface area is 92.5 Å². The van der Waals surface area contributed by atoms with Crippen molar-refractivity contribution in [2.45, 2.75) is 0 Å². The van der Waals surface area contributed by atoms with Crippen LogP contribution < -0.4 is 4.74 Å². The summed E-state index contributed by atoms with van der Waals surface area (Å²) in [6.07, 6.45) is 4.35. The molecule has 0 saturated carbocycles. The Morgan fingerprint density at radius 3 is 2.87 bits per heavy atom. The highest BCUT2D eigenvalue weighted by molar-refractivity contribution is 6.29. The van der Waals surface area contributed by atoms with Gasteiger partial charge in [-0.2, -0.15) is 0 Å². The fourth-order valence-corrected chi connectivity index (χ4v) is 1.10. The molecule has 1 aromatic heterocycles. The second-order valence-corrected chi connectivity index (χ2v) is 2.99. The number of nitrogens with zero attached hydrogens (tertiary/aromatic N) is 1. The van der Waals surface area contributed by atoms with Gasteiger partial charge in [-0.25, -0.2) is 9.78 Å². The van der Waals surface area contributed by atoms with Crippen LogP contribution in [0.3, 0.4) is 0 Å². The highest BCUT2D eigenvalue weighted by atomic mass is 35.5. The number of carbonyl (C=O) groups excluding carboxylic acids is 1. The molecular formula is C10H10ClNO3. The molecule has 0 aromatic carbocycles. The summed E-state index contributed by atoms with van der Waals surface area (Å²) in [5.41, 5.74) is 0.660. The summed E-state index contributed by atoms with van der Waals surface area (Å²) in [5.74, 6) is 0.113. The second kappa shape index (κ2) is 5.36. The Bertz CT molecular complexity index is 390. The first-order valence-electron chi connectivity index (χ1n) is 4.13. The van der Waals surface area contributed by atoms with E-state index in [1.54, 1.807) is 12.1 Å². The lowest BCUT2D eigenvalue weighted by Gasteiger charge is -2.03. The topological polar surface area (TPSA) is 48.4 Å². The zero-order valence-electron chi connectivity index (χ0n) is 8.36. The first-order valence-corrected chi connectivity index (χ1v) is 4.50. The van der Waals surface area contributed by atoms with Gasteiger partial charge in [0.25, 0.3) is 0 Å². The number of pyridine rings is 1. The van der Waals surface area contributed by atoms with E-state index in [-0.39, 0.29) is 0 Å². The van der Waals surface area contributed by atoms with Crippen molar-refractivity contribution in [2.24, 2.45) is 0 Å². The van der Waals surface area contributed by atoms with Gasteiger partial charge in [-0.05, 0) is 6.08 Å². The van der Waals surface area contributed by atoms with Crippen LogP contribution in [-0.2, 0) is 9.53 Å². The number of carbonyl (C=O) groups is 1. The van der Waals surface area contributed by atoms with E-state index in [0.29, 0.717) is 16.5 Å². The summed E-state index contributed by atoms with van der Waals surface area (Å²) in [5, 5.41) is 0.335. The van der Waals surface area contributed by atoms with Gasteiger partial charge < -0.3 is 9.47 Å². The van der Waals surface area contributed by atoms with E-state index in [1.165, 1.54) is 26.5 Å². The molecule has 5 heteroatoms. The average Bonchev–Trinajstić information content (AvgIpc) is 2.26. The maximum absolute atomic E-state index is 10.9. The fourth-order valence-electron chi connectivity index (χ4n) is 0.951. The predicted octanol–water partition coefficient (Wildman–Crippen LogP) is 1.93. The molecule has 80 valence electrons. The molecule has 0 spiro atoms. The van der Waals surface area contributed by atoms with Crippen molar-refractivity contribution in [3.05, 3.63) is 29.1 Å². The smallest absolute Gasteiger partial charge is 0.330 e. The minimum Gasteiger partial charge on any atom is -0.496 e. The second-order valence-electron chi connectivity index (χ2n) is 2.61. The lowest BCUT2D eigenvalue weighted by atomic mass is 10.2. The number of ether oxygens (including phenoxy) is 2. The van der Waals surface area contributed by atoms with Crippen LogP contribution in [0.4, 0.5) is 0 Å². The maximum atomic E-state index is 10.9. The van der Waals surface area contributed by atoms with Crippen LogP contribution in [-0.4, -0.2) is 25.2 Å². The molecule has 0 amide bonds. The summed E-state index contributed by atoms with van der Waals surface area (Å²) >= 11 is 5.68. The number of esters is 1. The van der Waals surface area contributed by atoms with Gasteiger partial charge in [0, 0.05) is 23.9 Å². The quantitative estimate of drug-likeness (QED) is 0.450. The molecule has 0 N–H and O–H groups in total. The fraction of sp³-hybridized carbons (Fsp3) is 0.200. The standard InChI is InChI=1S/C10H10ClNO3/c1-14-8-5-9(11)12-6-7(8)3-4-10(13)15-2/h3-6H,1-2H3/b4-3+. The molecule has 1 rings (SSSR count). The predicted molar refractivity (Wildman–Crippen MR) is 56.8 cm³/mol. The van der Waals surface area contributed by atoms with E-state index in [4.69, 9.17) is 16.3 Å². The van der Waals surface area contributed by atoms with Gasteiger partial charge >= 0.3 is 5.97 Å². The maximum Gasteiger partial charge on any atom is 0.330 e. The Morgan fingerprint density at radius 2 is 2.27 bits per heavy atom. The Hall–Kier alpha value is -1.55. The summed E-state index contributed by atoms with van der Waals surface area (Å²) in [4.78, 5) is 14.7. The van der Waals surface area contributed by atoms with Gasteiger partial charge in [0.1, 0.15) is 10.9 Å². The van der Waals surface area contributed by atoms with Crippen molar-refractivity contribution in [3.8, 4) is 5.75 Å². The third-order valence-corrected chi connectivity index (χ3v) is 1.89. The molecule has 0 aliphatic heterocycles. The molecule has 0 aliphatic rings. The summed E-state index contributed by atoms with van der Waals surface area (Å²) in [7, 11) is 2.82. The molecule has 0 fully saturated rings. The Morgan fingerprint density at radius 1 is 1.53 bits per heavy atom. The molecule has 4 nitrogen and oxygen atoms in total. The first-order chi connectivity index (χ1) is 7.17. The van der Waals surface area contributed by atoms with Crippen molar-refractivity contribution in [2.75, 3.05) is 14.2 Å². The van der Waals surface area contributed by atoms with Crippen molar-refractivity contribution in [3.63, 3.8) is 0 Å². The van der Waals surface area contributed by atoms with Gasteiger partial charge in [0.15, 0.2) is 0 Å². The largest absolute Gasteiger partial charge is 0.496 e. The molecular weight excluding hydrogens is 218 g/mol. The lowest BCUT2D eigenvalue weighted by molar-refractivity contribution is -0.134. The van der Waals surface area contributed by atoms with Crippen LogP contribution in [0.25, 0.3) is 6.08 Å². The number of halogens is 1. The molecule has 15 heavy (non-hydrogen) atoms. The molecule has 1 heterocycles. The van der Waals surface area contributed by atoms with E-state index in [9.17, 15) is 4.79 Å². The zero-order chi connectivity index (χ0) is 11.3. The Kier molecular flexibility index (Phi) is 4.12. The van der Waals surface area contributed by atoms with Crippen LogP contribution in [0.15, 0.2) is 18.3 Å². The van der Waals surface area contributed by atoms with Crippen molar-refractivity contribution >= 4 is 23.6 Å². The van der Waals surface area contributed by atoms with Crippen LogP contribution >= 0.6 is 11.6 Å². The van der Waals surface area contributed by atoms with Gasteiger partial charge in [-0.3, -0.25) is 0 Å². The van der Waals surface area contributed by atoms with Crippen LogP contribution in [0.5, 0.6) is 5.75 Å². The summed E-state index contributed by atoms with van der Waals surface area (Å²) in [6, 6.07) is 1.57. The van der Waals surface area contributed by atoms with Gasteiger partial charge in [-0.1, -0.05) is 11.6 Å². The van der Waals surface area contributed by atoms with Gasteiger partial charge in [-0.15, -0.1) is 0 Å². The third-order valence-electron chi connectivity index (χ3n) is 1.68. The number of methoxy groups -OCH3 is 2. The average molecular weight is 228 g/mol. The summed E-state index contributed by atoms with van der Waals surface area (Å²) in [6.45, 7) is 0. The van der Waals surface area contributed by atoms with Crippen molar-refractivity contribution in [1.29, 1.82) is 0 Å². The molecule has 0 saturated heterocycles. The van der Waals surface area contributed by atoms with Gasteiger partial charge in [0.2, 0.25) is 0 Å². The molecule has 0 radical (unpaired) electrons. The number of hydrogen-bond acceptors (Lipinski definition) is 4. The molecule has 0 atom stereocenters. The lowest BCUT2D eigenvalue weighted by Crippen LogP contribution is -1.94. The van der Waals surface area contributed by atoms with E-state index in [2.05, 4.69) is 9.72 Å². The zero-order valence-corrected chi connectivity index (χ0v) is 9.12. The monoisotopic (exact) mass is 227 g/mol. The van der Waals surface area contributed by atoms with Crippen molar-refractivity contribution < 1.29 is 14.3 Å². The van der Waals surface area contributed by atoms with Crippen molar-refractivity contribution in [1.82, 2.24) is 4.98 Å². The first kappa shape index (κ1) is 11.5. The molecule has 0 unspecified atom stereocenters. The third kappa shape index (κ3) is 3.25. The SMILES string of the molecule is COC(=O)/C=C/c1cnc(Cl)cc1OC. The molecule has 1 aromatic rings. The van der Waals surface area contributed by atoms with Crippen LogP contribution in [0.2, 0.25) is 5.15 Å². The van der Waals surface area contributed by atoms with E-state index >= 15 is 0 Å². The molecule has 0 aliphatic carbocycles. The van der Waals surface area contributed by atoms with E-state index < -0.39 is 5.97 Å². The normalized spacial score (nSPS) is 10.3. The highest BCUT2D eigenvalue weighted by Gasteiger charge is 2.02. The number of aromatic nitrogens is 1. The van der Waals surface area contributed by atoms with Crippen LogP contribution in [0.1, 0.15) is 5.56 Å². The van der Waals surface area contributed by atoms with E-state index in [1.807, 2.05) is 0 Å². The Balaban J connectivity index is 2.94. The minimum atomic E-state index is -0.438.